The summed E-state index contributed by atoms with van der Waals surface area (Å²) in [4.78, 5) is 0. The van der Waals surface area contributed by atoms with Crippen molar-refractivity contribution in [3.63, 3.8) is 0 Å². The first-order valence-corrected chi connectivity index (χ1v) is 2.29. The summed E-state index contributed by atoms with van der Waals surface area (Å²) in [5, 5.41) is 0. The van der Waals surface area contributed by atoms with Crippen LogP contribution in [0.5, 0.6) is 0 Å². The quantitative estimate of drug-likeness (QED) is 0.318. The van der Waals surface area contributed by atoms with E-state index in [2.05, 4.69) is 10.5 Å². The van der Waals surface area contributed by atoms with Gasteiger partial charge in [-0.15, -0.1) is 1.41 Å². The van der Waals surface area contributed by atoms with Gasteiger partial charge in [0, 0.05) is 17.1 Å². The topological polar surface area (TPSA) is 33.0 Å². The summed E-state index contributed by atoms with van der Waals surface area (Å²) in [5.74, 6) is 2.62. The van der Waals surface area contributed by atoms with E-state index in [-0.39, 0.29) is 17.1 Å². The van der Waals surface area contributed by atoms with E-state index in [9.17, 15) is 0 Å². The van der Waals surface area contributed by atoms with Crippen molar-refractivity contribution in [2.75, 3.05) is 6.66 Å². The summed E-state index contributed by atoms with van der Waals surface area (Å²) < 4.78 is 10.2. The first-order valence-electron chi connectivity index (χ1n) is 1.33. The molecule has 0 bridgehead atoms. The van der Waals surface area contributed by atoms with E-state index >= 15 is 0 Å². The molecule has 2 nitrogen and oxygen atoms in total. The van der Waals surface area contributed by atoms with Crippen molar-refractivity contribution in [1.29, 1.82) is 0 Å². The summed E-state index contributed by atoms with van der Waals surface area (Å²) >= 11 is 0. The van der Waals surface area contributed by atoms with E-state index in [0.717, 1.165) is 0 Å². The molecule has 4 heteroatoms. The Bertz CT molecular complexity index is 23.0. The zero-order chi connectivity index (χ0) is 4.12. The standard InChI is InChI=1S/CH5NOP.Fe/c1-4-3-2;/h2,4H,1H3;/q-1;/i2T;. The Kier molecular flexibility index (Phi) is 10.4. The van der Waals surface area contributed by atoms with Crippen LogP contribution in [0.25, 0.3) is 5.89 Å². The molecule has 0 spiro atoms. The first-order chi connectivity index (χ1) is 2.41. The van der Waals surface area contributed by atoms with Crippen molar-refractivity contribution in [3.05, 3.63) is 5.89 Å². The fourth-order valence-electron chi connectivity index (χ4n) is 0. The third kappa shape index (κ3) is 11.5. The molecular weight excluding hydrogens is 129 g/mol. The maximum absolute atomic E-state index is 6.01. The molecule has 34 valence electrons. The molecule has 0 saturated carbocycles. The Morgan fingerprint density at radius 1 is 2.20 bits per heavy atom. The molecule has 1 atom stereocenters. The molecule has 0 heterocycles. The van der Waals surface area contributed by atoms with E-state index in [1.54, 1.807) is 6.66 Å². The monoisotopic (exact) mass is 136 g/mol. The number of rotatable bonds is 2. The van der Waals surface area contributed by atoms with Crippen LogP contribution >= 0.6 is 8.81 Å². The van der Waals surface area contributed by atoms with Crippen LogP contribution in [0.2, 0.25) is 1.41 Å². The minimum atomic E-state index is 0. The van der Waals surface area contributed by atoms with Gasteiger partial charge in [0.25, 0.3) is 0 Å². The van der Waals surface area contributed by atoms with Gasteiger partial charge in [0.05, 0.1) is 0 Å². The minimum absolute atomic E-state index is 0. The zero-order valence-electron chi connectivity index (χ0n) is 3.71. The maximum Gasteiger partial charge on any atom is 0 e. The predicted octanol–water partition coefficient (Wildman–Crippen LogP) is 1.19. The predicted molar refractivity (Wildman–Crippen MR) is 19.6 cm³/mol. The molecule has 0 rings (SSSR count). The summed E-state index contributed by atoms with van der Waals surface area (Å²) in [6.45, 7) is 1.80. The Hall–Kier alpha value is 0.869. The Balaban J connectivity index is 0. The van der Waals surface area contributed by atoms with E-state index < -0.39 is 0 Å². The molecule has 1 unspecified atom stereocenters. The smallest absolute Gasteiger partial charge is 0 e. The molecule has 0 saturated heterocycles. The molecule has 0 aromatic rings. The SMILES string of the molecule is [3H][N-]OPC.[Fe]. The second-order valence-electron chi connectivity index (χ2n) is 0.295. The van der Waals surface area contributed by atoms with Crippen molar-refractivity contribution in [1.82, 2.24) is 0 Å². The van der Waals surface area contributed by atoms with Gasteiger partial charge in [0.2, 0.25) is 0 Å². The summed E-state index contributed by atoms with van der Waals surface area (Å²) in [5.41, 5.74) is 0. The van der Waals surface area contributed by atoms with Crippen molar-refractivity contribution < 1.29 is 23.1 Å². The van der Waals surface area contributed by atoms with E-state index in [1.165, 1.54) is 0 Å². The average Bonchev–Trinajstić information content (AvgIpc) is 1.41. The van der Waals surface area contributed by atoms with Gasteiger partial charge in [-0.3, -0.25) is 0 Å². The van der Waals surface area contributed by atoms with Gasteiger partial charge in [-0.05, 0) is 15.5 Å². The van der Waals surface area contributed by atoms with Crippen LogP contribution in [-0.2, 0) is 21.7 Å². The number of hydrogen-bond donors (Lipinski definition) is 0. The van der Waals surface area contributed by atoms with Gasteiger partial charge in [-0.2, -0.15) is 0 Å². The molecular formula is CH5FeNOP-. The van der Waals surface area contributed by atoms with Crippen molar-refractivity contribution in [2.45, 2.75) is 0 Å². The second kappa shape index (κ2) is 8.85. The van der Waals surface area contributed by atoms with Crippen LogP contribution in [0.1, 0.15) is 0 Å². The molecule has 0 aliphatic carbocycles. The summed E-state index contributed by atoms with van der Waals surface area (Å²) in [6.07, 6.45) is 0. The molecule has 0 radical (unpaired) electrons. The largest absolute Gasteiger partial charge is 0.546 e. The Labute approximate surface area is 45.2 Å². The van der Waals surface area contributed by atoms with Crippen LogP contribution in [-0.4, -0.2) is 6.66 Å². The van der Waals surface area contributed by atoms with Gasteiger partial charge in [0.15, 0.2) is 0 Å². The van der Waals surface area contributed by atoms with Crippen molar-refractivity contribution in [2.24, 2.45) is 0 Å². The minimum Gasteiger partial charge on any atom is -0.546 e. The first kappa shape index (κ1) is 5.87. The Morgan fingerprint density at radius 3 is 2.80 bits per heavy atom. The molecule has 5 heavy (non-hydrogen) atoms. The summed E-state index contributed by atoms with van der Waals surface area (Å²) in [7, 11) is 0.304. The third-order valence-corrected chi connectivity index (χ3v) is 0.274. The summed E-state index contributed by atoms with van der Waals surface area (Å²) in [6, 6.07) is 0. The number of hydrogen-bond acceptors (Lipinski definition) is 1. The van der Waals surface area contributed by atoms with Gasteiger partial charge >= 0.3 is 0 Å². The van der Waals surface area contributed by atoms with Gasteiger partial charge < -0.3 is 10.5 Å². The fourth-order valence-corrected chi connectivity index (χ4v) is 0. The Morgan fingerprint density at radius 2 is 2.80 bits per heavy atom. The van der Waals surface area contributed by atoms with E-state index in [4.69, 9.17) is 1.41 Å². The molecule has 0 amide bonds. The zero-order valence-corrected chi connectivity index (χ0v) is 4.81. The van der Waals surface area contributed by atoms with Crippen LogP contribution in [0.15, 0.2) is 0 Å². The molecule has 0 aromatic carbocycles. The molecule has 0 aromatic heterocycles. The van der Waals surface area contributed by atoms with E-state index in [1.807, 2.05) is 0 Å². The van der Waals surface area contributed by atoms with Crippen LogP contribution in [0.3, 0.4) is 0 Å². The molecule has 1 N–H and O–H groups in total. The van der Waals surface area contributed by atoms with Crippen molar-refractivity contribution >= 4 is 8.81 Å². The fraction of sp³-hybridized carbons (Fsp3) is 1.00. The average molecular weight is 136 g/mol. The maximum atomic E-state index is 6.01. The second-order valence-corrected chi connectivity index (χ2v) is 0.886. The third-order valence-electron chi connectivity index (χ3n) is 0.0913. The van der Waals surface area contributed by atoms with Crippen LogP contribution in [0.4, 0.5) is 0 Å². The number of nitrogens with one attached hydrogen (secondary N) is 1. The van der Waals surface area contributed by atoms with Gasteiger partial charge in [-0.25, -0.2) is 0 Å². The molecule has 0 aliphatic heterocycles. The van der Waals surface area contributed by atoms with Crippen molar-refractivity contribution in [3.8, 4) is 0 Å². The van der Waals surface area contributed by atoms with E-state index in [0.29, 0.717) is 8.81 Å². The van der Waals surface area contributed by atoms with Gasteiger partial charge in [-0.1, -0.05) is 0 Å². The van der Waals surface area contributed by atoms with Crippen LogP contribution in [0, 0.1) is 0 Å². The molecule has 0 aliphatic rings. The van der Waals surface area contributed by atoms with Crippen LogP contribution < -0.4 is 0 Å². The molecule has 0 fully saturated rings. The normalized spacial score (nSPS) is 11.0. The van der Waals surface area contributed by atoms with Gasteiger partial charge in [0.1, 0.15) is 0 Å².